The summed E-state index contributed by atoms with van der Waals surface area (Å²) in [6.45, 7) is 6.58. The average Bonchev–Trinajstić information content (AvgIpc) is 2.76. The smallest absolute Gasteiger partial charge is 0.166 e. The highest BCUT2D eigenvalue weighted by molar-refractivity contribution is 5.87. The molecule has 1 aromatic rings. The van der Waals surface area contributed by atoms with Crippen LogP contribution in [0.25, 0.3) is 0 Å². The first kappa shape index (κ1) is 15.2. The van der Waals surface area contributed by atoms with Crippen molar-refractivity contribution in [2.45, 2.75) is 51.4 Å². The molecule has 0 radical (unpaired) electrons. The number of carbonyl (C=O) groups excluding carboxylic acids is 1. The lowest BCUT2D eigenvalue weighted by Crippen LogP contribution is -2.42. The third kappa shape index (κ3) is 2.52. The SMILES string of the molecule is CC(=O)C1(CCC(C)(C)N(C)C)OCc2ccccc21. The first-order valence-electron chi connectivity index (χ1n) is 7.20. The lowest BCUT2D eigenvalue weighted by molar-refractivity contribution is -0.144. The third-order valence-corrected chi connectivity index (χ3v) is 4.79. The standard InChI is InChI=1S/C17H25NO2/c1-13(19)17(11-10-16(2,3)18(4)5)15-9-7-6-8-14(15)12-20-17/h6-9H,10-12H2,1-5H3. The summed E-state index contributed by atoms with van der Waals surface area (Å²) < 4.78 is 5.98. The molecule has 0 fully saturated rings. The predicted octanol–water partition coefficient (Wildman–Crippen LogP) is 3.12. The van der Waals surface area contributed by atoms with Gasteiger partial charge in [0.2, 0.25) is 0 Å². The summed E-state index contributed by atoms with van der Waals surface area (Å²) >= 11 is 0. The summed E-state index contributed by atoms with van der Waals surface area (Å²) in [5, 5.41) is 0. The van der Waals surface area contributed by atoms with Gasteiger partial charge < -0.3 is 9.64 Å². The van der Waals surface area contributed by atoms with Gasteiger partial charge in [0.05, 0.1) is 6.61 Å². The zero-order valence-corrected chi connectivity index (χ0v) is 13.2. The van der Waals surface area contributed by atoms with E-state index in [4.69, 9.17) is 4.74 Å². The van der Waals surface area contributed by atoms with E-state index < -0.39 is 5.60 Å². The monoisotopic (exact) mass is 275 g/mol. The summed E-state index contributed by atoms with van der Waals surface area (Å²) in [5.41, 5.74) is 1.50. The molecule has 0 saturated heterocycles. The largest absolute Gasteiger partial charge is 0.358 e. The lowest BCUT2D eigenvalue weighted by Gasteiger charge is -2.36. The van der Waals surface area contributed by atoms with E-state index in [0.717, 1.165) is 24.0 Å². The van der Waals surface area contributed by atoms with Gasteiger partial charge in [-0.25, -0.2) is 0 Å². The van der Waals surface area contributed by atoms with E-state index in [9.17, 15) is 4.79 Å². The van der Waals surface area contributed by atoms with Crippen molar-refractivity contribution >= 4 is 5.78 Å². The minimum Gasteiger partial charge on any atom is -0.358 e. The normalized spacial score (nSPS) is 22.1. The second-order valence-corrected chi connectivity index (χ2v) is 6.54. The fraction of sp³-hybridized carbons (Fsp3) is 0.588. The van der Waals surface area contributed by atoms with Gasteiger partial charge in [0.1, 0.15) is 0 Å². The molecular formula is C17H25NO2. The van der Waals surface area contributed by atoms with Gasteiger partial charge in [-0.2, -0.15) is 0 Å². The number of rotatable bonds is 5. The number of ketones is 1. The van der Waals surface area contributed by atoms with E-state index >= 15 is 0 Å². The molecule has 110 valence electrons. The van der Waals surface area contributed by atoms with Gasteiger partial charge in [-0.1, -0.05) is 24.3 Å². The fourth-order valence-corrected chi connectivity index (χ4v) is 2.70. The molecule has 3 heteroatoms. The Kier molecular flexibility index (Phi) is 4.03. The molecule has 0 aromatic heterocycles. The molecule has 2 rings (SSSR count). The second kappa shape index (κ2) is 5.30. The van der Waals surface area contributed by atoms with Gasteiger partial charge >= 0.3 is 0 Å². The van der Waals surface area contributed by atoms with E-state index in [1.807, 2.05) is 18.2 Å². The van der Waals surface area contributed by atoms with E-state index in [2.05, 4.69) is 38.9 Å². The van der Waals surface area contributed by atoms with Gasteiger partial charge in [0, 0.05) is 5.54 Å². The molecule has 0 spiro atoms. The van der Waals surface area contributed by atoms with Crippen molar-refractivity contribution in [1.82, 2.24) is 4.90 Å². The third-order valence-electron chi connectivity index (χ3n) is 4.79. The number of Topliss-reactive ketones (excluding diaryl/α,β-unsaturated/α-hetero) is 1. The average molecular weight is 275 g/mol. The number of carbonyl (C=O) groups is 1. The lowest BCUT2D eigenvalue weighted by atomic mass is 9.81. The molecule has 3 nitrogen and oxygen atoms in total. The zero-order valence-electron chi connectivity index (χ0n) is 13.2. The number of hydrogen-bond acceptors (Lipinski definition) is 3. The minimum atomic E-state index is -0.746. The van der Waals surface area contributed by atoms with Crippen molar-refractivity contribution < 1.29 is 9.53 Å². The number of hydrogen-bond donors (Lipinski definition) is 0. The highest BCUT2D eigenvalue weighted by atomic mass is 16.5. The van der Waals surface area contributed by atoms with Gasteiger partial charge in [-0.3, -0.25) is 4.79 Å². The Hall–Kier alpha value is -1.19. The minimum absolute atomic E-state index is 0.0450. The summed E-state index contributed by atoms with van der Waals surface area (Å²) in [5.74, 6) is 0.108. The van der Waals surface area contributed by atoms with Crippen molar-refractivity contribution in [3.05, 3.63) is 35.4 Å². The van der Waals surface area contributed by atoms with Crippen molar-refractivity contribution in [3.8, 4) is 0 Å². The Morgan fingerprint density at radius 3 is 2.60 bits per heavy atom. The highest BCUT2D eigenvalue weighted by Gasteiger charge is 2.45. The Bertz CT molecular complexity index is 507. The molecule has 0 aliphatic carbocycles. The molecule has 20 heavy (non-hydrogen) atoms. The first-order valence-corrected chi connectivity index (χ1v) is 7.20. The van der Waals surface area contributed by atoms with Gasteiger partial charge in [-0.15, -0.1) is 0 Å². The predicted molar refractivity (Wildman–Crippen MR) is 80.6 cm³/mol. The van der Waals surface area contributed by atoms with Crippen molar-refractivity contribution in [2.24, 2.45) is 0 Å². The van der Waals surface area contributed by atoms with Crippen LogP contribution in [0.2, 0.25) is 0 Å². The molecule has 1 unspecified atom stereocenters. The van der Waals surface area contributed by atoms with Crippen LogP contribution in [0.5, 0.6) is 0 Å². The van der Waals surface area contributed by atoms with Gasteiger partial charge in [-0.05, 0) is 58.8 Å². The van der Waals surface area contributed by atoms with Crippen LogP contribution in [0.3, 0.4) is 0 Å². The van der Waals surface area contributed by atoms with Crippen LogP contribution in [0.4, 0.5) is 0 Å². The number of benzene rings is 1. The summed E-state index contributed by atoms with van der Waals surface area (Å²) in [6, 6.07) is 8.08. The van der Waals surface area contributed by atoms with E-state index in [0.29, 0.717) is 6.61 Å². The molecule has 1 aliphatic rings. The number of fused-ring (bicyclic) bond motifs is 1. The van der Waals surface area contributed by atoms with Crippen LogP contribution in [0, 0.1) is 0 Å². The Labute approximate surface area is 121 Å². The maximum atomic E-state index is 12.3. The molecule has 1 aliphatic heterocycles. The highest BCUT2D eigenvalue weighted by Crippen LogP contribution is 2.42. The maximum absolute atomic E-state index is 12.3. The molecule has 1 heterocycles. The van der Waals surface area contributed by atoms with Crippen LogP contribution >= 0.6 is 0 Å². The fourth-order valence-electron chi connectivity index (χ4n) is 2.70. The van der Waals surface area contributed by atoms with Crippen LogP contribution in [-0.4, -0.2) is 30.3 Å². The topological polar surface area (TPSA) is 29.5 Å². The second-order valence-electron chi connectivity index (χ2n) is 6.54. The van der Waals surface area contributed by atoms with Gasteiger partial charge in [0.25, 0.3) is 0 Å². The Morgan fingerprint density at radius 1 is 1.35 bits per heavy atom. The summed E-state index contributed by atoms with van der Waals surface area (Å²) in [6.07, 6.45) is 1.64. The summed E-state index contributed by atoms with van der Waals surface area (Å²) in [4.78, 5) is 14.5. The quantitative estimate of drug-likeness (QED) is 0.827. The molecular weight excluding hydrogens is 250 g/mol. The van der Waals surface area contributed by atoms with Gasteiger partial charge in [0.15, 0.2) is 11.4 Å². The van der Waals surface area contributed by atoms with Crippen LogP contribution < -0.4 is 0 Å². The molecule has 0 saturated carbocycles. The van der Waals surface area contributed by atoms with Crippen LogP contribution in [-0.2, 0) is 21.7 Å². The maximum Gasteiger partial charge on any atom is 0.166 e. The molecule has 0 N–H and O–H groups in total. The summed E-state index contributed by atoms with van der Waals surface area (Å²) in [7, 11) is 4.15. The zero-order chi connectivity index (χ0) is 15.0. The Morgan fingerprint density at radius 2 is 2.00 bits per heavy atom. The van der Waals surface area contributed by atoms with Crippen molar-refractivity contribution in [3.63, 3.8) is 0 Å². The van der Waals surface area contributed by atoms with E-state index in [1.54, 1.807) is 6.92 Å². The number of nitrogens with zero attached hydrogens (tertiary/aromatic N) is 1. The van der Waals surface area contributed by atoms with Crippen molar-refractivity contribution in [2.75, 3.05) is 14.1 Å². The van der Waals surface area contributed by atoms with Crippen LogP contribution in [0.15, 0.2) is 24.3 Å². The molecule has 1 aromatic carbocycles. The molecule has 0 bridgehead atoms. The van der Waals surface area contributed by atoms with E-state index in [1.165, 1.54) is 0 Å². The molecule has 0 amide bonds. The first-order chi connectivity index (χ1) is 9.29. The van der Waals surface area contributed by atoms with Crippen molar-refractivity contribution in [1.29, 1.82) is 0 Å². The van der Waals surface area contributed by atoms with E-state index in [-0.39, 0.29) is 11.3 Å². The van der Waals surface area contributed by atoms with Crippen LogP contribution in [0.1, 0.15) is 44.7 Å². The Balaban J connectivity index is 2.28. The number of ether oxygens (including phenoxy) is 1. The molecule has 1 atom stereocenters.